The fourth-order valence-electron chi connectivity index (χ4n) is 1.67. The standard InChI is InChI=1S/C11H23NO2/c1-4-5-6-9(2)7-10(12-3)8-11(13)14/h9-10,12H,4-8H2,1-3H3,(H,13,14). The minimum absolute atomic E-state index is 0.124. The number of rotatable bonds is 8. The lowest BCUT2D eigenvalue weighted by Gasteiger charge is -2.18. The smallest absolute Gasteiger partial charge is 0.304 e. The van der Waals surface area contributed by atoms with Crippen LogP contribution in [0.1, 0.15) is 46.0 Å². The van der Waals surface area contributed by atoms with Crippen LogP contribution in [0, 0.1) is 5.92 Å². The van der Waals surface area contributed by atoms with Crippen LogP contribution in [-0.2, 0) is 4.79 Å². The van der Waals surface area contributed by atoms with E-state index in [0.29, 0.717) is 5.92 Å². The molecule has 0 radical (unpaired) electrons. The molecule has 0 aromatic heterocycles. The predicted octanol–water partition coefficient (Wildman–Crippen LogP) is 2.27. The van der Waals surface area contributed by atoms with Gasteiger partial charge < -0.3 is 10.4 Å². The molecule has 84 valence electrons. The molecule has 0 aliphatic rings. The first-order valence-electron chi connectivity index (χ1n) is 5.49. The summed E-state index contributed by atoms with van der Waals surface area (Å²) in [5.74, 6) is -0.0983. The van der Waals surface area contributed by atoms with Crippen molar-refractivity contribution in [3.63, 3.8) is 0 Å². The number of unbranched alkanes of at least 4 members (excludes halogenated alkanes) is 1. The van der Waals surface area contributed by atoms with Crippen molar-refractivity contribution >= 4 is 5.97 Å². The molecule has 0 aliphatic carbocycles. The first-order valence-corrected chi connectivity index (χ1v) is 5.49. The minimum Gasteiger partial charge on any atom is -0.481 e. The number of carbonyl (C=O) groups is 1. The zero-order valence-corrected chi connectivity index (χ0v) is 9.55. The Bertz CT molecular complexity index is 159. The van der Waals surface area contributed by atoms with Gasteiger partial charge in [-0.15, -0.1) is 0 Å². The molecule has 0 rings (SSSR count). The fourth-order valence-corrected chi connectivity index (χ4v) is 1.67. The lowest BCUT2D eigenvalue weighted by molar-refractivity contribution is -0.137. The number of nitrogens with one attached hydrogen (secondary N) is 1. The van der Waals surface area contributed by atoms with Crippen molar-refractivity contribution in [1.82, 2.24) is 5.32 Å². The van der Waals surface area contributed by atoms with Crippen molar-refractivity contribution in [2.75, 3.05) is 7.05 Å². The second-order valence-corrected chi connectivity index (χ2v) is 4.07. The Labute approximate surface area is 86.9 Å². The van der Waals surface area contributed by atoms with E-state index in [2.05, 4.69) is 19.2 Å². The Morgan fingerprint density at radius 3 is 2.57 bits per heavy atom. The fraction of sp³-hybridized carbons (Fsp3) is 0.909. The molecular formula is C11H23NO2. The van der Waals surface area contributed by atoms with Crippen LogP contribution < -0.4 is 5.32 Å². The second-order valence-electron chi connectivity index (χ2n) is 4.07. The average molecular weight is 201 g/mol. The summed E-state index contributed by atoms with van der Waals surface area (Å²) in [5, 5.41) is 11.7. The van der Waals surface area contributed by atoms with E-state index in [4.69, 9.17) is 5.11 Å². The Morgan fingerprint density at radius 2 is 2.14 bits per heavy atom. The van der Waals surface area contributed by atoms with Crippen LogP contribution in [0.25, 0.3) is 0 Å². The largest absolute Gasteiger partial charge is 0.481 e. The van der Waals surface area contributed by atoms with Gasteiger partial charge in [0.15, 0.2) is 0 Å². The molecule has 0 saturated carbocycles. The highest BCUT2D eigenvalue weighted by Gasteiger charge is 2.14. The minimum atomic E-state index is -0.716. The van der Waals surface area contributed by atoms with Crippen LogP contribution in [0.15, 0.2) is 0 Å². The van der Waals surface area contributed by atoms with Gasteiger partial charge in [0.1, 0.15) is 0 Å². The number of carboxylic acid groups (broad SMARTS) is 1. The van der Waals surface area contributed by atoms with Gasteiger partial charge in [-0.05, 0) is 19.4 Å². The second kappa shape index (κ2) is 7.80. The lowest BCUT2D eigenvalue weighted by Crippen LogP contribution is -2.29. The predicted molar refractivity (Wildman–Crippen MR) is 58.4 cm³/mol. The summed E-state index contributed by atoms with van der Waals surface area (Å²) in [6.45, 7) is 4.38. The maximum Gasteiger partial charge on any atom is 0.304 e. The summed E-state index contributed by atoms with van der Waals surface area (Å²) in [5.41, 5.74) is 0. The first-order chi connectivity index (χ1) is 6.60. The van der Waals surface area contributed by atoms with Gasteiger partial charge in [0.2, 0.25) is 0 Å². The van der Waals surface area contributed by atoms with E-state index in [1.807, 2.05) is 7.05 Å². The molecule has 14 heavy (non-hydrogen) atoms. The normalized spacial score (nSPS) is 15.1. The molecule has 0 spiro atoms. The van der Waals surface area contributed by atoms with E-state index in [1.165, 1.54) is 19.3 Å². The van der Waals surface area contributed by atoms with Crippen molar-refractivity contribution in [1.29, 1.82) is 0 Å². The van der Waals surface area contributed by atoms with E-state index in [0.717, 1.165) is 6.42 Å². The van der Waals surface area contributed by atoms with Crippen molar-refractivity contribution in [2.24, 2.45) is 5.92 Å². The Hall–Kier alpha value is -0.570. The molecule has 2 unspecified atom stereocenters. The highest BCUT2D eigenvalue weighted by molar-refractivity contribution is 5.67. The quantitative estimate of drug-likeness (QED) is 0.633. The Balaban J connectivity index is 3.73. The molecule has 0 aliphatic heterocycles. The SMILES string of the molecule is CCCCC(C)CC(CC(=O)O)NC. The zero-order chi connectivity index (χ0) is 11.0. The van der Waals surface area contributed by atoms with Gasteiger partial charge in [-0.3, -0.25) is 4.79 Å². The summed E-state index contributed by atoms with van der Waals surface area (Å²) in [4.78, 5) is 10.5. The molecule has 0 fully saturated rings. The molecule has 0 aromatic rings. The van der Waals surface area contributed by atoms with E-state index >= 15 is 0 Å². The van der Waals surface area contributed by atoms with Crippen molar-refractivity contribution in [3.05, 3.63) is 0 Å². The molecule has 2 N–H and O–H groups in total. The van der Waals surface area contributed by atoms with Crippen LogP contribution in [-0.4, -0.2) is 24.2 Å². The van der Waals surface area contributed by atoms with Crippen molar-refractivity contribution < 1.29 is 9.90 Å². The monoisotopic (exact) mass is 201 g/mol. The Kier molecular flexibility index (Phi) is 7.48. The molecule has 3 nitrogen and oxygen atoms in total. The van der Waals surface area contributed by atoms with E-state index in [9.17, 15) is 4.79 Å². The van der Waals surface area contributed by atoms with Crippen LogP contribution in [0.5, 0.6) is 0 Å². The number of hydrogen-bond acceptors (Lipinski definition) is 2. The van der Waals surface area contributed by atoms with Crippen LogP contribution in [0.3, 0.4) is 0 Å². The lowest BCUT2D eigenvalue weighted by atomic mass is 9.95. The van der Waals surface area contributed by atoms with Crippen LogP contribution in [0.2, 0.25) is 0 Å². The maximum atomic E-state index is 10.5. The maximum absolute atomic E-state index is 10.5. The van der Waals surface area contributed by atoms with Gasteiger partial charge >= 0.3 is 5.97 Å². The first kappa shape index (κ1) is 13.4. The van der Waals surface area contributed by atoms with Crippen molar-refractivity contribution in [3.8, 4) is 0 Å². The topological polar surface area (TPSA) is 49.3 Å². The number of aliphatic carboxylic acids is 1. The third-order valence-electron chi connectivity index (χ3n) is 2.57. The van der Waals surface area contributed by atoms with Gasteiger partial charge in [-0.2, -0.15) is 0 Å². The molecule has 0 bridgehead atoms. The van der Waals surface area contributed by atoms with E-state index < -0.39 is 5.97 Å². The third-order valence-corrected chi connectivity index (χ3v) is 2.57. The van der Waals surface area contributed by atoms with E-state index in [1.54, 1.807) is 0 Å². The van der Waals surface area contributed by atoms with E-state index in [-0.39, 0.29) is 12.5 Å². The van der Waals surface area contributed by atoms with Gasteiger partial charge in [-0.25, -0.2) is 0 Å². The van der Waals surface area contributed by atoms with Gasteiger partial charge in [0.05, 0.1) is 6.42 Å². The van der Waals surface area contributed by atoms with Crippen LogP contribution >= 0.6 is 0 Å². The zero-order valence-electron chi connectivity index (χ0n) is 9.55. The van der Waals surface area contributed by atoms with Gasteiger partial charge in [-0.1, -0.05) is 33.1 Å². The summed E-state index contributed by atoms with van der Waals surface area (Å²) in [6.07, 6.45) is 4.85. The number of carboxylic acids is 1. The third kappa shape index (κ3) is 6.89. The van der Waals surface area contributed by atoms with Crippen molar-refractivity contribution in [2.45, 2.75) is 52.0 Å². The average Bonchev–Trinajstić information content (AvgIpc) is 2.12. The van der Waals surface area contributed by atoms with Gasteiger partial charge in [0.25, 0.3) is 0 Å². The summed E-state index contributed by atoms with van der Waals surface area (Å²) < 4.78 is 0. The summed E-state index contributed by atoms with van der Waals surface area (Å²) in [6, 6.07) is 0.124. The molecule has 0 saturated heterocycles. The molecule has 2 atom stereocenters. The molecule has 0 heterocycles. The number of hydrogen-bond donors (Lipinski definition) is 2. The summed E-state index contributed by atoms with van der Waals surface area (Å²) in [7, 11) is 1.83. The molecular weight excluding hydrogens is 178 g/mol. The summed E-state index contributed by atoms with van der Waals surface area (Å²) >= 11 is 0. The molecule has 0 aromatic carbocycles. The highest BCUT2D eigenvalue weighted by Crippen LogP contribution is 2.15. The van der Waals surface area contributed by atoms with Gasteiger partial charge in [0, 0.05) is 6.04 Å². The Morgan fingerprint density at radius 1 is 1.50 bits per heavy atom. The molecule has 3 heteroatoms. The highest BCUT2D eigenvalue weighted by atomic mass is 16.4. The molecule has 0 amide bonds. The van der Waals surface area contributed by atoms with Crippen LogP contribution in [0.4, 0.5) is 0 Å².